The van der Waals surface area contributed by atoms with E-state index in [9.17, 15) is 22.7 Å². The van der Waals surface area contributed by atoms with E-state index in [2.05, 4.69) is 20.2 Å². The molecule has 0 fully saturated rings. The second-order valence-electron chi connectivity index (χ2n) is 4.41. The maximum Gasteiger partial charge on any atom is 0.419 e. The van der Waals surface area contributed by atoms with Crippen molar-refractivity contribution in [1.29, 1.82) is 0 Å². The van der Waals surface area contributed by atoms with E-state index in [-0.39, 0.29) is 28.1 Å². The third kappa shape index (κ3) is 2.08. The lowest BCUT2D eigenvalue weighted by Crippen LogP contribution is -2.08. The molecule has 3 rings (SSSR count). The molecule has 0 unspecified atom stereocenters. The Morgan fingerprint density at radius 3 is 2.59 bits per heavy atom. The average molecular weight is 313 g/mol. The minimum Gasteiger partial charge on any atom is -0.505 e. The van der Waals surface area contributed by atoms with Crippen molar-refractivity contribution < 1.29 is 22.7 Å². The summed E-state index contributed by atoms with van der Waals surface area (Å²) < 4.78 is 51.9. The van der Waals surface area contributed by atoms with Crippen LogP contribution in [-0.2, 0) is 6.18 Å². The summed E-state index contributed by atoms with van der Waals surface area (Å²) in [5.74, 6) is -2.90. The number of nitrogens with zero attached hydrogens (tertiary/aromatic N) is 3. The average Bonchev–Trinajstić information content (AvgIpc) is 2.86. The zero-order valence-corrected chi connectivity index (χ0v) is 10.6. The number of benzene rings is 1. The van der Waals surface area contributed by atoms with Gasteiger partial charge in [-0.1, -0.05) is 0 Å². The minimum atomic E-state index is -4.97. The van der Waals surface area contributed by atoms with Gasteiger partial charge < -0.3 is 10.8 Å². The number of fused-ring (bicyclic) bond motifs is 1. The van der Waals surface area contributed by atoms with Crippen LogP contribution in [0.2, 0.25) is 0 Å². The number of rotatable bonds is 1. The van der Waals surface area contributed by atoms with E-state index in [0.717, 1.165) is 12.4 Å². The van der Waals surface area contributed by atoms with Gasteiger partial charge in [-0.2, -0.15) is 18.3 Å². The highest BCUT2D eigenvalue weighted by Gasteiger charge is 2.36. The van der Waals surface area contributed by atoms with Crippen LogP contribution in [0.1, 0.15) is 5.56 Å². The van der Waals surface area contributed by atoms with Gasteiger partial charge in [-0.3, -0.25) is 5.10 Å². The number of aromatic nitrogens is 4. The fourth-order valence-electron chi connectivity index (χ4n) is 2.04. The molecule has 0 saturated carbocycles. The summed E-state index contributed by atoms with van der Waals surface area (Å²) in [7, 11) is 0. The first-order chi connectivity index (χ1) is 10.3. The molecule has 10 heteroatoms. The van der Waals surface area contributed by atoms with Gasteiger partial charge in [0, 0.05) is 5.56 Å². The van der Waals surface area contributed by atoms with E-state index >= 15 is 0 Å². The number of hydrogen-bond acceptors (Lipinski definition) is 5. The number of alkyl halides is 3. The van der Waals surface area contributed by atoms with Crippen LogP contribution in [0.15, 0.2) is 18.5 Å². The maximum atomic E-state index is 13.5. The van der Waals surface area contributed by atoms with Gasteiger partial charge in [0.05, 0.1) is 10.9 Å². The van der Waals surface area contributed by atoms with Crippen molar-refractivity contribution >= 4 is 16.9 Å². The van der Waals surface area contributed by atoms with Crippen LogP contribution in [0, 0.1) is 5.82 Å². The number of nitrogen functional groups attached to an aromatic ring is 1. The molecule has 0 spiro atoms. The van der Waals surface area contributed by atoms with Crippen molar-refractivity contribution in [1.82, 2.24) is 20.2 Å². The quantitative estimate of drug-likeness (QED) is 0.599. The predicted molar refractivity (Wildman–Crippen MR) is 68.2 cm³/mol. The molecule has 0 radical (unpaired) electrons. The highest BCUT2D eigenvalue weighted by atomic mass is 19.4. The van der Waals surface area contributed by atoms with Gasteiger partial charge in [-0.05, 0) is 12.1 Å². The molecule has 0 aliphatic heterocycles. The third-order valence-corrected chi connectivity index (χ3v) is 3.02. The Balaban J connectivity index is 2.30. The van der Waals surface area contributed by atoms with E-state index in [4.69, 9.17) is 5.73 Å². The van der Waals surface area contributed by atoms with Crippen molar-refractivity contribution in [2.45, 2.75) is 6.18 Å². The summed E-state index contributed by atoms with van der Waals surface area (Å²) in [6, 6.07) is 1.36. The van der Waals surface area contributed by atoms with Gasteiger partial charge in [0.2, 0.25) is 0 Å². The fraction of sp³-hybridized carbons (Fsp3) is 0.0833. The monoisotopic (exact) mass is 313 g/mol. The second kappa shape index (κ2) is 4.55. The van der Waals surface area contributed by atoms with Gasteiger partial charge in [0.1, 0.15) is 17.8 Å². The van der Waals surface area contributed by atoms with Crippen molar-refractivity contribution in [3.8, 4) is 17.0 Å². The molecule has 2 heterocycles. The molecular formula is C12H7F4N5O. The zero-order chi connectivity index (χ0) is 16.1. The van der Waals surface area contributed by atoms with Crippen LogP contribution in [0.25, 0.3) is 22.3 Å². The summed E-state index contributed by atoms with van der Waals surface area (Å²) in [5, 5.41) is 15.9. The summed E-state index contributed by atoms with van der Waals surface area (Å²) in [6.07, 6.45) is -3.81. The van der Waals surface area contributed by atoms with Crippen LogP contribution in [0.3, 0.4) is 0 Å². The Hall–Kier alpha value is -2.91. The Bertz CT molecular complexity index is 874. The van der Waals surface area contributed by atoms with Crippen LogP contribution in [0.4, 0.5) is 23.4 Å². The van der Waals surface area contributed by atoms with Gasteiger partial charge in [-0.15, -0.1) is 0 Å². The number of phenols is 1. The Morgan fingerprint density at radius 1 is 1.18 bits per heavy atom. The number of aromatic hydroxyl groups is 1. The fourth-order valence-corrected chi connectivity index (χ4v) is 2.04. The molecule has 2 aromatic heterocycles. The second-order valence-corrected chi connectivity index (χ2v) is 4.41. The molecule has 6 nitrogen and oxygen atoms in total. The van der Waals surface area contributed by atoms with Crippen molar-refractivity contribution in [3.63, 3.8) is 0 Å². The molecule has 22 heavy (non-hydrogen) atoms. The third-order valence-electron chi connectivity index (χ3n) is 3.02. The van der Waals surface area contributed by atoms with Gasteiger partial charge in [-0.25, -0.2) is 14.4 Å². The SMILES string of the molecule is Nc1ncnc2[nH]nc(-c3cc(O)c(F)c(C(F)(F)F)c3)c12. The number of hydrogen-bond donors (Lipinski definition) is 3. The highest BCUT2D eigenvalue weighted by Crippen LogP contribution is 2.39. The van der Waals surface area contributed by atoms with Gasteiger partial charge in [0.15, 0.2) is 17.2 Å². The molecule has 114 valence electrons. The normalized spacial score (nSPS) is 12.0. The zero-order valence-electron chi connectivity index (χ0n) is 10.6. The molecule has 3 aromatic rings. The minimum absolute atomic E-state index is 0.00822. The number of nitrogens with two attached hydrogens (primary N) is 1. The summed E-state index contributed by atoms with van der Waals surface area (Å²) in [6.45, 7) is 0. The van der Waals surface area contributed by atoms with E-state index in [0.29, 0.717) is 6.07 Å². The van der Waals surface area contributed by atoms with Crippen LogP contribution in [0.5, 0.6) is 5.75 Å². The Labute approximate surface area is 119 Å². The van der Waals surface area contributed by atoms with Crippen molar-refractivity contribution in [2.75, 3.05) is 5.73 Å². The molecule has 0 aliphatic carbocycles. The number of H-pyrrole nitrogens is 1. The number of phenolic OH excluding ortho intramolecular Hbond substituents is 1. The van der Waals surface area contributed by atoms with E-state index in [1.54, 1.807) is 0 Å². The molecule has 4 N–H and O–H groups in total. The smallest absolute Gasteiger partial charge is 0.419 e. The van der Waals surface area contributed by atoms with Gasteiger partial charge in [0.25, 0.3) is 0 Å². The molecule has 0 saturated heterocycles. The number of aromatic amines is 1. The number of halogens is 4. The number of anilines is 1. The Kier molecular flexibility index (Phi) is 2.90. The van der Waals surface area contributed by atoms with E-state index in [1.165, 1.54) is 0 Å². The van der Waals surface area contributed by atoms with Crippen LogP contribution >= 0.6 is 0 Å². The first kappa shape index (κ1) is 14.0. The molecule has 0 atom stereocenters. The summed E-state index contributed by atoms with van der Waals surface area (Å²) in [4.78, 5) is 7.56. The lowest BCUT2D eigenvalue weighted by Gasteiger charge is -2.11. The van der Waals surface area contributed by atoms with Crippen molar-refractivity contribution in [3.05, 3.63) is 29.8 Å². The molecule has 0 amide bonds. The maximum absolute atomic E-state index is 13.5. The lowest BCUT2D eigenvalue weighted by molar-refractivity contribution is -0.140. The van der Waals surface area contributed by atoms with Crippen LogP contribution in [-0.4, -0.2) is 25.3 Å². The van der Waals surface area contributed by atoms with Crippen LogP contribution < -0.4 is 5.73 Å². The highest BCUT2D eigenvalue weighted by molar-refractivity contribution is 5.98. The number of nitrogens with one attached hydrogen (secondary N) is 1. The molecule has 0 aliphatic rings. The summed E-state index contributed by atoms with van der Waals surface area (Å²) in [5.41, 5.74) is 4.08. The summed E-state index contributed by atoms with van der Waals surface area (Å²) >= 11 is 0. The van der Waals surface area contributed by atoms with E-state index in [1.807, 2.05) is 0 Å². The largest absolute Gasteiger partial charge is 0.505 e. The molecular weight excluding hydrogens is 306 g/mol. The standard InChI is InChI=1S/C12H7F4N5O/c13-8-5(12(14,15)16)1-4(2-6(8)22)9-7-10(17)18-3-19-11(7)21-20-9/h1-3,22H,(H3,17,18,19,20,21). The molecule has 0 bridgehead atoms. The first-order valence-electron chi connectivity index (χ1n) is 5.83. The topological polar surface area (TPSA) is 101 Å². The Morgan fingerprint density at radius 2 is 1.91 bits per heavy atom. The first-order valence-corrected chi connectivity index (χ1v) is 5.83. The van der Waals surface area contributed by atoms with Crippen molar-refractivity contribution in [2.24, 2.45) is 0 Å². The molecule has 1 aromatic carbocycles. The van der Waals surface area contributed by atoms with E-state index < -0.39 is 23.3 Å². The predicted octanol–water partition coefficient (Wildman–Crippen LogP) is 2.47. The lowest BCUT2D eigenvalue weighted by atomic mass is 10.0. The van der Waals surface area contributed by atoms with Gasteiger partial charge >= 0.3 is 6.18 Å².